The number of anilines is 2. The second-order valence-corrected chi connectivity index (χ2v) is 7.02. The molecule has 130 valence electrons. The molecular formula is C19H18Cl2N2O2. The number of carbonyl (C=O) groups is 2. The van der Waals surface area contributed by atoms with E-state index in [2.05, 4.69) is 5.32 Å². The van der Waals surface area contributed by atoms with E-state index < -0.39 is 5.92 Å². The van der Waals surface area contributed by atoms with E-state index in [1.165, 1.54) is 4.90 Å². The Kier molecular flexibility index (Phi) is 5.02. The molecule has 1 heterocycles. The van der Waals surface area contributed by atoms with E-state index in [9.17, 15) is 9.59 Å². The average molecular weight is 377 g/mol. The molecule has 4 nitrogen and oxygen atoms in total. The van der Waals surface area contributed by atoms with E-state index in [0.29, 0.717) is 15.7 Å². The van der Waals surface area contributed by atoms with Crippen LogP contribution in [0.4, 0.5) is 11.4 Å². The number of carbonyl (C=O) groups excluding carboxylic acids is 2. The van der Waals surface area contributed by atoms with Gasteiger partial charge < -0.3 is 10.2 Å². The largest absolute Gasteiger partial charge is 0.325 e. The minimum absolute atomic E-state index is 0.133. The normalized spacial score (nSPS) is 17.0. The Morgan fingerprint density at radius 2 is 1.76 bits per heavy atom. The molecule has 2 aromatic carbocycles. The van der Waals surface area contributed by atoms with Crippen molar-refractivity contribution in [1.82, 2.24) is 0 Å². The Bertz CT molecular complexity index is 831. The minimum atomic E-state index is -0.429. The van der Waals surface area contributed by atoms with Crippen molar-refractivity contribution in [1.29, 1.82) is 0 Å². The number of para-hydroxylation sites is 1. The molecule has 0 spiro atoms. The molecule has 2 aromatic rings. The number of rotatable bonds is 3. The zero-order valence-electron chi connectivity index (χ0n) is 14.0. The molecule has 0 aromatic heterocycles. The lowest BCUT2D eigenvalue weighted by Crippen LogP contribution is -2.28. The minimum Gasteiger partial charge on any atom is -0.325 e. The van der Waals surface area contributed by atoms with Gasteiger partial charge in [0.05, 0.1) is 21.7 Å². The van der Waals surface area contributed by atoms with Gasteiger partial charge in [-0.15, -0.1) is 0 Å². The van der Waals surface area contributed by atoms with Crippen molar-refractivity contribution in [2.45, 2.75) is 20.3 Å². The maximum Gasteiger partial charge on any atom is 0.229 e. The summed E-state index contributed by atoms with van der Waals surface area (Å²) in [7, 11) is 0. The molecule has 6 heteroatoms. The topological polar surface area (TPSA) is 49.4 Å². The number of aryl methyl sites for hydroxylation is 2. The van der Waals surface area contributed by atoms with Crippen LogP contribution >= 0.6 is 23.2 Å². The fourth-order valence-electron chi connectivity index (χ4n) is 3.05. The van der Waals surface area contributed by atoms with Crippen molar-refractivity contribution in [3.63, 3.8) is 0 Å². The number of nitrogens with one attached hydrogen (secondary N) is 1. The smallest absolute Gasteiger partial charge is 0.229 e. The Balaban J connectivity index is 1.78. The fourth-order valence-corrected chi connectivity index (χ4v) is 3.45. The number of benzene rings is 2. The summed E-state index contributed by atoms with van der Waals surface area (Å²) in [5.41, 5.74) is 3.33. The van der Waals surface area contributed by atoms with Crippen LogP contribution in [-0.2, 0) is 9.59 Å². The van der Waals surface area contributed by atoms with Gasteiger partial charge in [0.25, 0.3) is 0 Å². The van der Waals surface area contributed by atoms with Crippen LogP contribution in [0.2, 0.25) is 10.0 Å². The van der Waals surface area contributed by atoms with Crippen molar-refractivity contribution in [2.75, 3.05) is 16.8 Å². The van der Waals surface area contributed by atoms with Gasteiger partial charge in [0.15, 0.2) is 0 Å². The first-order valence-electron chi connectivity index (χ1n) is 8.00. The van der Waals surface area contributed by atoms with E-state index in [-0.39, 0.29) is 24.8 Å². The highest BCUT2D eigenvalue weighted by Gasteiger charge is 2.36. The molecule has 25 heavy (non-hydrogen) atoms. The van der Waals surface area contributed by atoms with Crippen molar-refractivity contribution < 1.29 is 9.59 Å². The standard InChI is InChI=1S/C19H18Cl2N2O2/c1-11-5-3-6-12(2)18(11)22-19(25)13-9-16(24)23(10-13)15-8-4-7-14(20)17(15)21/h3-8,13H,9-10H2,1-2H3,(H,22,25)/t13-/m1/s1. The quantitative estimate of drug-likeness (QED) is 0.850. The molecule has 3 rings (SSSR count). The highest BCUT2D eigenvalue weighted by Crippen LogP contribution is 2.36. The summed E-state index contributed by atoms with van der Waals surface area (Å²) in [6.45, 7) is 4.18. The van der Waals surface area contributed by atoms with Gasteiger partial charge in [0.2, 0.25) is 11.8 Å². The molecule has 0 aliphatic carbocycles. The molecule has 1 aliphatic heterocycles. The van der Waals surface area contributed by atoms with E-state index in [1.54, 1.807) is 18.2 Å². The average Bonchev–Trinajstić information content (AvgIpc) is 2.95. The second-order valence-electron chi connectivity index (χ2n) is 6.23. The van der Waals surface area contributed by atoms with Gasteiger partial charge >= 0.3 is 0 Å². The third kappa shape index (κ3) is 3.51. The Morgan fingerprint density at radius 3 is 2.44 bits per heavy atom. The van der Waals surface area contributed by atoms with Gasteiger partial charge in [0.1, 0.15) is 0 Å². The summed E-state index contributed by atoms with van der Waals surface area (Å²) in [6.07, 6.45) is 0.152. The summed E-state index contributed by atoms with van der Waals surface area (Å²) in [4.78, 5) is 26.6. The lowest BCUT2D eigenvalue weighted by atomic mass is 10.1. The van der Waals surface area contributed by atoms with Crippen LogP contribution in [0.3, 0.4) is 0 Å². The maximum atomic E-state index is 12.6. The third-order valence-corrected chi connectivity index (χ3v) is 5.26. The van der Waals surface area contributed by atoms with E-state index in [4.69, 9.17) is 23.2 Å². The molecule has 1 fully saturated rings. The second kappa shape index (κ2) is 7.06. The van der Waals surface area contributed by atoms with Gasteiger partial charge in [-0.25, -0.2) is 0 Å². The van der Waals surface area contributed by atoms with Gasteiger partial charge in [-0.2, -0.15) is 0 Å². The molecule has 0 bridgehead atoms. The molecule has 1 atom stereocenters. The molecule has 1 N–H and O–H groups in total. The molecule has 2 amide bonds. The first kappa shape index (κ1) is 17.8. The fraction of sp³-hybridized carbons (Fsp3) is 0.263. The zero-order chi connectivity index (χ0) is 18.1. The number of nitrogens with zero attached hydrogens (tertiary/aromatic N) is 1. The number of hydrogen-bond acceptors (Lipinski definition) is 2. The summed E-state index contributed by atoms with van der Waals surface area (Å²) in [5, 5.41) is 3.67. The first-order chi connectivity index (χ1) is 11.9. The number of amides is 2. The van der Waals surface area contributed by atoms with Crippen molar-refractivity contribution in [3.8, 4) is 0 Å². The van der Waals surface area contributed by atoms with Crippen LogP contribution in [0, 0.1) is 19.8 Å². The molecular weight excluding hydrogens is 359 g/mol. The number of hydrogen-bond donors (Lipinski definition) is 1. The lowest BCUT2D eigenvalue weighted by Gasteiger charge is -2.19. The maximum absolute atomic E-state index is 12.6. The summed E-state index contributed by atoms with van der Waals surface area (Å²) in [5.74, 6) is -0.723. The van der Waals surface area contributed by atoms with Gasteiger partial charge in [-0.05, 0) is 37.1 Å². The van der Waals surface area contributed by atoms with Gasteiger partial charge in [-0.1, -0.05) is 47.5 Å². The van der Waals surface area contributed by atoms with Crippen LogP contribution in [0.1, 0.15) is 17.5 Å². The van der Waals surface area contributed by atoms with Crippen LogP contribution in [0.25, 0.3) is 0 Å². The molecule has 0 saturated carbocycles. The van der Waals surface area contributed by atoms with Crippen LogP contribution in [0.15, 0.2) is 36.4 Å². The zero-order valence-corrected chi connectivity index (χ0v) is 15.5. The summed E-state index contributed by atoms with van der Waals surface area (Å²) >= 11 is 12.2. The molecule has 0 unspecified atom stereocenters. The Labute approximate surface area is 156 Å². The SMILES string of the molecule is Cc1cccc(C)c1NC(=O)[C@@H]1CC(=O)N(c2cccc(Cl)c2Cl)C1. The monoisotopic (exact) mass is 376 g/mol. The van der Waals surface area contributed by atoms with E-state index >= 15 is 0 Å². The Hall–Kier alpha value is -2.04. The summed E-state index contributed by atoms with van der Waals surface area (Å²) in [6, 6.07) is 11.0. The molecule has 0 radical (unpaired) electrons. The summed E-state index contributed by atoms with van der Waals surface area (Å²) < 4.78 is 0. The van der Waals surface area contributed by atoms with Crippen molar-refractivity contribution >= 4 is 46.4 Å². The van der Waals surface area contributed by atoms with E-state index in [0.717, 1.165) is 16.8 Å². The van der Waals surface area contributed by atoms with E-state index in [1.807, 2.05) is 32.0 Å². The molecule has 1 aliphatic rings. The highest BCUT2D eigenvalue weighted by molar-refractivity contribution is 6.44. The number of halogens is 2. The Morgan fingerprint density at radius 1 is 1.12 bits per heavy atom. The van der Waals surface area contributed by atoms with Crippen LogP contribution < -0.4 is 10.2 Å². The van der Waals surface area contributed by atoms with Gasteiger partial charge in [0, 0.05) is 18.7 Å². The van der Waals surface area contributed by atoms with Crippen molar-refractivity contribution in [3.05, 3.63) is 57.6 Å². The van der Waals surface area contributed by atoms with Crippen molar-refractivity contribution in [2.24, 2.45) is 5.92 Å². The van der Waals surface area contributed by atoms with Gasteiger partial charge in [-0.3, -0.25) is 9.59 Å². The molecule has 1 saturated heterocycles. The first-order valence-corrected chi connectivity index (χ1v) is 8.75. The predicted octanol–water partition coefficient (Wildman–Crippen LogP) is 4.60. The van der Waals surface area contributed by atoms with Crippen LogP contribution in [0.5, 0.6) is 0 Å². The van der Waals surface area contributed by atoms with Crippen LogP contribution in [-0.4, -0.2) is 18.4 Å². The third-order valence-electron chi connectivity index (χ3n) is 4.45. The highest BCUT2D eigenvalue weighted by atomic mass is 35.5. The predicted molar refractivity (Wildman–Crippen MR) is 101 cm³/mol. The lowest BCUT2D eigenvalue weighted by molar-refractivity contribution is -0.122.